The molecule has 0 saturated carbocycles. The number of anilines is 3. The van der Waals surface area contributed by atoms with Gasteiger partial charge in [0, 0.05) is 6.54 Å². The molecule has 0 aliphatic rings. The lowest BCUT2D eigenvalue weighted by Crippen LogP contribution is -2.04. The minimum absolute atomic E-state index is 0.0505. The maximum absolute atomic E-state index is 13.9. The molecule has 0 atom stereocenters. The molecule has 110 valence electrons. The Bertz CT molecular complexity index is 679. The molecule has 0 aromatic heterocycles. The largest absolute Gasteiger partial charge is 0.380 e. The number of nitro groups is 1. The zero-order valence-electron chi connectivity index (χ0n) is 11.2. The van der Waals surface area contributed by atoms with Crippen molar-refractivity contribution in [2.24, 2.45) is 0 Å². The number of nitrogens with one attached hydrogen (secondary N) is 2. The SMILES string of the molecule is CCNc1cccc(Nc2cccc(Cl)c2F)c1[N+](=O)[O-]. The van der Waals surface area contributed by atoms with E-state index in [4.69, 9.17) is 11.6 Å². The Kier molecular flexibility index (Phi) is 4.59. The van der Waals surface area contributed by atoms with Gasteiger partial charge >= 0.3 is 5.69 Å². The Labute approximate surface area is 125 Å². The van der Waals surface area contributed by atoms with Crippen molar-refractivity contribution in [2.75, 3.05) is 17.2 Å². The second kappa shape index (κ2) is 6.41. The highest BCUT2D eigenvalue weighted by molar-refractivity contribution is 6.31. The number of nitrogens with zero attached hydrogens (tertiary/aromatic N) is 1. The van der Waals surface area contributed by atoms with Gasteiger partial charge in [0.1, 0.15) is 11.4 Å². The molecule has 0 spiro atoms. The van der Waals surface area contributed by atoms with Gasteiger partial charge in [0.25, 0.3) is 0 Å². The first-order valence-electron chi connectivity index (χ1n) is 6.27. The zero-order valence-corrected chi connectivity index (χ0v) is 11.9. The Morgan fingerprint density at radius 2 is 1.81 bits per heavy atom. The summed E-state index contributed by atoms with van der Waals surface area (Å²) in [5.74, 6) is -0.651. The van der Waals surface area contributed by atoms with Gasteiger partial charge in [0.2, 0.25) is 0 Å². The number of para-hydroxylation sites is 1. The molecule has 0 heterocycles. The third kappa shape index (κ3) is 3.22. The number of benzene rings is 2. The van der Waals surface area contributed by atoms with E-state index >= 15 is 0 Å². The molecule has 0 radical (unpaired) electrons. The van der Waals surface area contributed by atoms with Crippen molar-refractivity contribution in [2.45, 2.75) is 6.92 Å². The summed E-state index contributed by atoms with van der Waals surface area (Å²) in [5, 5.41) is 16.8. The number of rotatable bonds is 5. The predicted octanol–water partition coefficient (Wildman–Crippen LogP) is 4.56. The average Bonchev–Trinajstić information content (AvgIpc) is 2.44. The summed E-state index contributed by atoms with van der Waals surface area (Å²) in [6.45, 7) is 2.37. The van der Waals surface area contributed by atoms with Crippen LogP contribution in [-0.2, 0) is 0 Å². The van der Waals surface area contributed by atoms with Crippen LogP contribution in [0, 0.1) is 15.9 Å². The molecule has 0 bridgehead atoms. The Morgan fingerprint density at radius 1 is 1.19 bits per heavy atom. The zero-order chi connectivity index (χ0) is 15.4. The van der Waals surface area contributed by atoms with E-state index in [9.17, 15) is 14.5 Å². The third-order valence-electron chi connectivity index (χ3n) is 2.81. The van der Waals surface area contributed by atoms with Crippen molar-refractivity contribution in [3.8, 4) is 0 Å². The molecule has 0 aliphatic heterocycles. The molecule has 2 N–H and O–H groups in total. The van der Waals surface area contributed by atoms with Gasteiger partial charge in [0.05, 0.1) is 15.6 Å². The van der Waals surface area contributed by atoms with E-state index in [0.717, 1.165) is 0 Å². The summed E-state index contributed by atoms with van der Waals surface area (Å²) in [4.78, 5) is 10.8. The van der Waals surface area contributed by atoms with Gasteiger partial charge < -0.3 is 10.6 Å². The molecule has 2 aromatic rings. The van der Waals surface area contributed by atoms with Crippen LogP contribution in [0.25, 0.3) is 0 Å². The number of hydrogen-bond acceptors (Lipinski definition) is 4. The van der Waals surface area contributed by atoms with Gasteiger partial charge in [0.15, 0.2) is 5.82 Å². The van der Waals surface area contributed by atoms with E-state index in [0.29, 0.717) is 12.2 Å². The molecular weight excluding hydrogens is 297 g/mol. The monoisotopic (exact) mass is 309 g/mol. The molecule has 2 rings (SSSR count). The summed E-state index contributed by atoms with van der Waals surface area (Å²) in [5.41, 5.74) is 0.507. The van der Waals surface area contributed by atoms with Crippen LogP contribution in [0.2, 0.25) is 5.02 Å². The van der Waals surface area contributed by atoms with E-state index in [1.165, 1.54) is 18.2 Å². The van der Waals surface area contributed by atoms with Crippen LogP contribution >= 0.6 is 11.6 Å². The normalized spacial score (nSPS) is 10.2. The van der Waals surface area contributed by atoms with Crippen LogP contribution in [0.5, 0.6) is 0 Å². The smallest absolute Gasteiger partial charge is 0.315 e. The van der Waals surface area contributed by atoms with Crippen LogP contribution in [0.15, 0.2) is 36.4 Å². The van der Waals surface area contributed by atoms with Gasteiger partial charge in [-0.2, -0.15) is 0 Å². The highest BCUT2D eigenvalue weighted by atomic mass is 35.5. The molecule has 21 heavy (non-hydrogen) atoms. The van der Waals surface area contributed by atoms with Crippen LogP contribution < -0.4 is 10.6 Å². The Hall–Kier alpha value is -2.34. The lowest BCUT2D eigenvalue weighted by atomic mass is 10.2. The molecule has 0 amide bonds. The van der Waals surface area contributed by atoms with Gasteiger partial charge in [-0.3, -0.25) is 10.1 Å². The van der Waals surface area contributed by atoms with Gasteiger partial charge in [-0.15, -0.1) is 0 Å². The minimum atomic E-state index is -0.651. The van der Waals surface area contributed by atoms with E-state index in [-0.39, 0.29) is 22.1 Å². The summed E-state index contributed by atoms with van der Waals surface area (Å²) < 4.78 is 13.9. The van der Waals surface area contributed by atoms with Crippen molar-refractivity contribution in [3.63, 3.8) is 0 Å². The predicted molar refractivity (Wildman–Crippen MR) is 82.0 cm³/mol. The molecule has 0 saturated heterocycles. The number of hydrogen-bond donors (Lipinski definition) is 2. The number of halogens is 2. The van der Waals surface area contributed by atoms with Gasteiger partial charge in [-0.25, -0.2) is 4.39 Å². The number of nitro benzene ring substituents is 1. The molecule has 0 fully saturated rings. The third-order valence-corrected chi connectivity index (χ3v) is 3.10. The highest BCUT2D eigenvalue weighted by Crippen LogP contribution is 2.35. The van der Waals surface area contributed by atoms with E-state index in [1.54, 1.807) is 18.2 Å². The van der Waals surface area contributed by atoms with Gasteiger partial charge in [-0.1, -0.05) is 23.7 Å². The topological polar surface area (TPSA) is 67.2 Å². The minimum Gasteiger partial charge on any atom is -0.380 e. The van der Waals surface area contributed by atoms with Crippen LogP contribution in [0.3, 0.4) is 0 Å². The fourth-order valence-corrected chi connectivity index (χ4v) is 2.09. The quantitative estimate of drug-likeness (QED) is 0.627. The lowest BCUT2D eigenvalue weighted by Gasteiger charge is -2.11. The first-order chi connectivity index (χ1) is 10.0. The first-order valence-corrected chi connectivity index (χ1v) is 6.64. The van der Waals surface area contributed by atoms with E-state index in [1.807, 2.05) is 6.92 Å². The summed E-state index contributed by atoms with van der Waals surface area (Å²) >= 11 is 5.70. The molecular formula is C14H13ClFN3O2. The van der Waals surface area contributed by atoms with Crippen molar-refractivity contribution < 1.29 is 9.31 Å². The highest BCUT2D eigenvalue weighted by Gasteiger charge is 2.20. The average molecular weight is 310 g/mol. The summed E-state index contributed by atoms with van der Waals surface area (Å²) in [6, 6.07) is 9.19. The van der Waals surface area contributed by atoms with E-state index < -0.39 is 10.7 Å². The van der Waals surface area contributed by atoms with Crippen molar-refractivity contribution in [1.82, 2.24) is 0 Å². The van der Waals surface area contributed by atoms with Gasteiger partial charge in [-0.05, 0) is 31.2 Å². The van der Waals surface area contributed by atoms with Crippen LogP contribution in [-0.4, -0.2) is 11.5 Å². The maximum atomic E-state index is 13.9. The molecule has 0 unspecified atom stereocenters. The second-order valence-electron chi connectivity index (χ2n) is 4.22. The molecule has 7 heteroatoms. The fraction of sp³-hybridized carbons (Fsp3) is 0.143. The molecule has 5 nitrogen and oxygen atoms in total. The molecule has 2 aromatic carbocycles. The van der Waals surface area contributed by atoms with Crippen molar-refractivity contribution in [3.05, 3.63) is 57.4 Å². The summed E-state index contributed by atoms with van der Waals surface area (Å²) in [7, 11) is 0. The van der Waals surface area contributed by atoms with Crippen LogP contribution in [0.1, 0.15) is 6.92 Å². The van der Waals surface area contributed by atoms with E-state index in [2.05, 4.69) is 10.6 Å². The Morgan fingerprint density at radius 3 is 2.48 bits per heavy atom. The summed E-state index contributed by atoms with van der Waals surface area (Å²) in [6.07, 6.45) is 0. The lowest BCUT2D eigenvalue weighted by molar-refractivity contribution is -0.383. The van der Waals surface area contributed by atoms with Crippen molar-refractivity contribution >= 4 is 34.4 Å². The first kappa shape index (κ1) is 15.1. The second-order valence-corrected chi connectivity index (χ2v) is 4.62. The maximum Gasteiger partial charge on any atom is 0.315 e. The fourth-order valence-electron chi connectivity index (χ4n) is 1.92. The Balaban J connectivity index is 2.46. The standard InChI is InChI=1S/C14H13ClFN3O2/c1-2-17-11-7-4-8-12(14(11)19(20)21)18-10-6-3-5-9(15)13(10)16/h3-8,17-18H,2H2,1H3. The van der Waals surface area contributed by atoms with Crippen molar-refractivity contribution in [1.29, 1.82) is 0 Å². The molecule has 0 aliphatic carbocycles. The van der Waals surface area contributed by atoms with Crippen LogP contribution in [0.4, 0.5) is 27.1 Å².